The maximum Gasteiger partial charge on any atom is 0.292 e. The third-order valence-electron chi connectivity index (χ3n) is 5.01. The highest BCUT2D eigenvalue weighted by Crippen LogP contribution is 2.21. The number of hydrogen-bond donors (Lipinski definition) is 1. The average molecular weight is 389 g/mol. The van der Waals surface area contributed by atoms with Crippen LogP contribution in [0.5, 0.6) is 0 Å². The molecule has 0 unspecified atom stereocenters. The number of aryl methyl sites for hydroxylation is 1. The molecule has 29 heavy (non-hydrogen) atoms. The predicted molar refractivity (Wildman–Crippen MR) is 106 cm³/mol. The summed E-state index contributed by atoms with van der Waals surface area (Å²) in [4.78, 5) is 23.3. The second kappa shape index (κ2) is 6.97. The van der Waals surface area contributed by atoms with Crippen molar-refractivity contribution >= 4 is 23.3 Å². The number of pyridine rings is 1. The van der Waals surface area contributed by atoms with Gasteiger partial charge >= 0.3 is 0 Å². The van der Waals surface area contributed by atoms with E-state index in [9.17, 15) is 4.79 Å². The Balaban J connectivity index is 1.44. The molecule has 5 heterocycles. The van der Waals surface area contributed by atoms with Gasteiger partial charge in [-0.25, -0.2) is 9.97 Å². The Hall–Kier alpha value is -3.82. The van der Waals surface area contributed by atoms with E-state index in [4.69, 9.17) is 0 Å². The van der Waals surface area contributed by atoms with Crippen LogP contribution in [0, 0.1) is 0 Å². The van der Waals surface area contributed by atoms with Gasteiger partial charge in [-0.15, -0.1) is 10.2 Å². The van der Waals surface area contributed by atoms with E-state index in [1.54, 1.807) is 21.5 Å². The number of nitrogens with zero attached hydrogens (tertiary/aromatic N) is 8. The lowest BCUT2D eigenvalue weighted by atomic mass is 10.2. The minimum atomic E-state index is -0.0764. The van der Waals surface area contributed by atoms with E-state index in [0.717, 1.165) is 43.0 Å². The molecule has 0 atom stereocenters. The zero-order valence-corrected chi connectivity index (χ0v) is 15.9. The van der Waals surface area contributed by atoms with Crippen LogP contribution < -0.4 is 5.32 Å². The molecule has 1 amide bonds. The summed E-state index contributed by atoms with van der Waals surface area (Å²) >= 11 is 0. The molecule has 1 N–H and O–H groups in total. The van der Waals surface area contributed by atoms with Gasteiger partial charge in [0.15, 0.2) is 5.65 Å². The second-order valence-electron chi connectivity index (χ2n) is 6.90. The number of aromatic nitrogens is 7. The summed E-state index contributed by atoms with van der Waals surface area (Å²) in [6, 6.07) is 7.43. The van der Waals surface area contributed by atoms with Crippen molar-refractivity contribution in [1.82, 2.24) is 39.2 Å². The van der Waals surface area contributed by atoms with Crippen LogP contribution in [0.3, 0.4) is 0 Å². The van der Waals surface area contributed by atoms with Crippen LogP contribution in [0.15, 0.2) is 42.9 Å². The normalized spacial score (nSPS) is 13.9. The van der Waals surface area contributed by atoms with Gasteiger partial charge < -0.3 is 10.2 Å². The Morgan fingerprint density at radius 2 is 1.97 bits per heavy atom. The molecule has 4 aromatic heterocycles. The maximum absolute atomic E-state index is 12.7. The number of hydrogen-bond acceptors (Lipinski definition) is 7. The number of likely N-dealkylation sites (tertiary alicyclic amines) is 1. The van der Waals surface area contributed by atoms with E-state index in [1.807, 2.05) is 42.4 Å². The SMILES string of the molecule is Cn1nccc1Nc1nccc(-c2ccn3c(C(=O)N4CCCC4)nnc3c2)n1. The van der Waals surface area contributed by atoms with Crippen molar-refractivity contribution < 1.29 is 4.79 Å². The van der Waals surface area contributed by atoms with Crippen LogP contribution in [0.25, 0.3) is 16.9 Å². The summed E-state index contributed by atoms with van der Waals surface area (Å²) in [5.74, 6) is 1.53. The Kier molecular flexibility index (Phi) is 4.15. The molecule has 0 bridgehead atoms. The first-order valence-corrected chi connectivity index (χ1v) is 9.41. The van der Waals surface area contributed by atoms with Gasteiger partial charge in [0.05, 0.1) is 11.9 Å². The molecule has 0 radical (unpaired) electrons. The molecule has 1 aliphatic rings. The molecule has 5 rings (SSSR count). The van der Waals surface area contributed by atoms with Gasteiger partial charge in [0.25, 0.3) is 5.91 Å². The van der Waals surface area contributed by atoms with E-state index in [1.165, 1.54) is 0 Å². The Morgan fingerprint density at radius 3 is 2.76 bits per heavy atom. The van der Waals surface area contributed by atoms with Gasteiger partial charge in [-0.05, 0) is 31.0 Å². The van der Waals surface area contributed by atoms with Gasteiger partial charge in [-0.1, -0.05) is 0 Å². The lowest BCUT2D eigenvalue weighted by Gasteiger charge is -2.13. The fourth-order valence-corrected chi connectivity index (χ4v) is 3.45. The summed E-state index contributed by atoms with van der Waals surface area (Å²) in [5.41, 5.74) is 2.20. The second-order valence-corrected chi connectivity index (χ2v) is 6.90. The standard InChI is InChI=1S/C19H19N9O/c1-26-15(5-8-21-26)23-19-20-7-4-14(22-19)13-6-11-28-16(12-13)24-25-17(28)18(29)27-9-2-3-10-27/h4-8,11-12H,2-3,9-10H2,1H3,(H,20,22,23). The first-order chi connectivity index (χ1) is 14.2. The smallest absolute Gasteiger partial charge is 0.292 e. The van der Waals surface area contributed by atoms with E-state index in [0.29, 0.717) is 17.4 Å². The largest absolute Gasteiger partial charge is 0.336 e. The molecular weight excluding hydrogens is 370 g/mol. The van der Waals surface area contributed by atoms with Gasteiger partial charge in [-0.3, -0.25) is 13.9 Å². The molecule has 0 aromatic carbocycles. The zero-order chi connectivity index (χ0) is 19.8. The van der Waals surface area contributed by atoms with Crippen LogP contribution in [-0.2, 0) is 7.05 Å². The summed E-state index contributed by atoms with van der Waals surface area (Å²) < 4.78 is 3.43. The quantitative estimate of drug-likeness (QED) is 0.568. The fourth-order valence-electron chi connectivity index (χ4n) is 3.45. The Morgan fingerprint density at radius 1 is 1.10 bits per heavy atom. The topological polar surface area (TPSA) is 106 Å². The maximum atomic E-state index is 12.7. The minimum Gasteiger partial charge on any atom is -0.336 e. The first kappa shape index (κ1) is 17.3. The van der Waals surface area contributed by atoms with E-state index in [2.05, 4.69) is 30.6 Å². The lowest BCUT2D eigenvalue weighted by molar-refractivity contribution is 0.0779. The molecule has 10 nitrogen and oxygen atoms in total. The van der Waals surface area contributed by atoms with Gasteiger partial charge in [0, 0.05) is 44.2 Å². The molecule has 1 fully saturated rings. The summed E-state index contributed by atoms with van der Waals surface area (Å²) in [6.45, 7) is 1.55. The van der Waals surface area contributed by atoms with Crippen molar-refractivity contribution in [2.24, 2.45) is 7.05 Å². The summed E-state index contributed by atoms with van der Waals surface area (Å²) in [5, 5.41) is 15.6. The number of nitrogens with one attached hydrogen (secondary N) is 1. The molecule has 146 valence electrons. The number of rotatable bonds is 4. The Labute approximate surface area is 166 Å². The third kappa shape index (κ3) is 3.18. The number of anilines is 2. The van der Waals surface area contributed by atoms with E-state index in [-0.39, 0.29) is 5.91 Å². The summed E-state index contributed by atoms with van der Waals surface area (Å²) in [7, 11) is 1.84. The molecule has 4 aromatic rings. The van der Waals surface area contributed by atoms with Crippen molar-refractivity contribution in [3.63, 3.8) is 0 Å². The lowest BCUT2D eigenvalue weighted by Crippen LogP contribution is -2.29. The highest BCUT2D eigenvalue weighted by atomic mass is 16.2. The molecule has 0 aliphatic carbocycles. The van der Waals surface area contributed by atoms with Gasteiger partial charge in [-0.2, -0.15) is 5.10 Å². The first-order valence-electron chi connectivity index (χ1n) is 9.41. The minimum absolute atomic E-state index is 0.0764. The summed E-state index contributed by atoms with van der Waals surface area (Å²) in [6.07, 6.45) is 7.28. The number of carbonyl (C=O) groups is 1. The van der Waals surface area contributed by atoms with Crippen LogP contribution >= 0.6 is 0 Å². The van der Waals surface area contributed by atoms with Crippen molar-refractivity contribution in [1.29, 1.82) is 0 Å². The van der Waals surface area contributed by atoms with Crippen molar-refractivity contribution in [3.05, 3.63) is 48.7 Å². The zero-order valence-electron chi connectivity index (χ0n) is 15.9. The fraction of sp³-hybridized carbons (Fsp3) is 0.263. The van der Waals surface area contributed by atoms with Crippen molar-refractivity contribution in [2.75, 3.05) is 18.4 Å². The monoisotopic (exact) mass is 389 g/mol. The molecular formula is C19H19N9O. The van der Waals surface area contributed by atoms with E-state index >= 15 is 0 Å². The third-order valence-corrected chi connectivity index (χ3v) is 5.01. The molecule has 1 aliphatic heterocycles. The number of carbonyl (C=O) groups excluding carboxylic acids is 1. The highest BCUT2D eigenvalue weighted by molar-refractivity contribution is 5.91. The molecule has 0 spiro atoms. The van der Waals surface area contributed by atoms with Gasteiger partial charge in [0.1, 0.15) is 5.82 Å². The van der Waals surface area contributed by atoms with Crippen molar-refractivity contribution in [2.45, 2.75) is 12.8 Å². The van der Waals surface area contributed by atoms with Crippen LogP contribution in [-0.4, -0.2) is 58.2 Å². The van der Waals surface area contributed by atoms with Crippen LogP contribution in [0.1, 0.15) is 23.5 Å². The van der Waals surface area contributed by atoms with Crippen LogP contribution in [0.4, 0.5) is 11.8 Å². The van der Waals surface area contributed by atoms with Crippen molar-refractivity contribution in [3.8, 4) is 11.3 Å². The number of fused-ring (bicyclic) bond motifs is 1. The predicted octanol–water partition coefficient (Wildman–Crippen LogP) is 1.90. The molecule has 1 saturated heterocycles. The Bertz CT molecular complexity index is 1190. The molecule has 0 saturated carbocycles. The van der Waals surface area contributed by atoms with Gasteiger partial charge in [0.2, 0.25) is 11.8 Å². The molecule has 10 heteroatoms. The number of amides is 1. The highest BCUT2D eigenvalue weighted by Gasteiger charge is 2.24. The van der Waals surface area contributed by atoms with E-state index < -0.39 is 0 Å². The average Bonchev–Trinajstić information content (AvgIpc) is 3.49. The van der Waals surface area contributed by atoms with Crippen LogP contribution in [0.2, 0.25) is 0 Å².